The fourth-order valence-corrected chi connectivity index (χ4v) is 2.28. The van der Waals surface area contributed by atoms with Crippen LogP contribution >= 0.6 is 0 Å². The normalized spacial score (nSPS) is 12.2. The molecule has 1 heterocycles. The lowest BCUT2D eigenvalue weighted by Crippen LogP contribution is -2.22. The van der Waals surface area contributed by atoms with Crippen molar-refractivity contribution in [2.75, 3.05) is 20.8 Å². The van der Waals surface area contributed by atoms with Crippen molar-refractivity contribution < 1.29 is 13.9 Å². The van der Waals surface area contributed by atoms with Crippen molar-refractivity contribution in [1.82, 2.24) is 5.32 Å². The quantitative estimate of drug-likeness (QED) is 0.878. The second-order valence-electron chi connectivity index (χ2n) is 4.59. The van der Waals surface area contributed by atoms with Gasteiger partial charge in [0.15, 0.2) is 0 Å². The van der Waals surface area contributed by atoms with E-state index in [0.29, 0.717) is 0 Å². The Morgan fingerprint density at radius 1 is 1.20 bits per heavy atom. The van der Waals surface area contributed by atoms with Gasteiger partial charge in [-0.05, 0) is 31.7 Å². The Kier molecular flexibility index (Phi) is 4.69. The highest BCUT2D eigenvalue weighted by Gasteiger charge is 2.19. The standard InChI is InChI=1S/C16H21NO3/c1-5-17-16(12-8-11(2)20-10-12)14-7-6-13(18-3)9-15(14)19-4/h6-10,16-17H,5H2,1-4H3. The Labute approximate surface area is 119 Å². The van der Waals surface area contributed by atoms with Gasteiger partial charge in [-0.15, -0.1) is 0 Å². The fraction of sp³-hybridized carbons (Fsp3) is 0.375. The average Bonchev–Trinajstić information content (AvgIpc) is 2.90. The smallest absolute Gasteiger partial charge is 0.127 e. The van der Waals surface area contributed by atoms with Crippen molar-refractivity contribution in [2.45, 2.75) is 19.9 Å². The Morgan fingerprint density at radius 3 is 2.55 bits per heavy atom. The predicted octanol–water partition coefficient (Wildman–Crippen LogP) is 3.30. The summed E-state index contributed by atoms with van der Waals surface area (Å²) in [5.41, 5.74) is 2.16. The van der Waals surface area contributed by atoms with Gasteiger partial charge in [0.25, 0.3) is 0 Å². The number of aryl methyl sites for hydroxylation is 1. The van der Waals surface area contributed by atoms with E-state index in [1.165, 1.54) is 0 Å². The van der Waals surface area contributed by atoms with Crippen LogP contribution < -0.4 is 14.8 Å². The molecule has 1 atom stereocenters. The third-order valence-corrected chi connectivity index (χ3v) is 3.24. The first kappa shape index (κ1) is 14.5. The maximum absolute atomic E-state index is 5.49. The van der Waals surface area contributed by atoms with Crippen LogP contribution in [-0.2, 0) is 0 Å². The van der Waals surface area contributed by atoms with E-state index in [1.54, 1.807) is 20.5 Å². The van der Waals surface area contributed by atoms with E-state index in [4.69, 9.17) is 13.9 Å². The maximum atomic E-state index is 5.49. The van der Waals surface area contributed by atoms with E-state index >= 15 is 0 Å². The molecule has 0 bridgehead atoms. The molecule has 0 radical (unpaired) electrons. The molecule has 0 saturated heterocycles. The van der Waals surface area contributed by atoms with Gasteiger partial charge in [-0.1, -0.05) is 6.92 Å². The molecule has 0 aliphatic rings. The average molecular weight is 275 g/mol. The van der Waals surface area contributed by atoms with Crippen LogP contribution in [-0.4, -0.2) is 20.8 Å². The summed E-state index contributed by atoms with van der Waals surface area (Å²) in [6, 6.07) is 7.94. The number of hydrogen-bond donors (Lipinski definition) is 1. The molecule has 1 aromatic carbocycles. The molecule has 1 aromatic heterocycles. The number of rotatable bonds is 6. The summed E-state index contributed by atoms with van der Waals surface area (Å²) in [4.78, 5) is 0. The lowest BCUT2D eigenvalue weighted by atomic mass is 9.99. The van der Waals surface area contributed by atoms with Crippen LogP contribution in [0.15, 0.2) is 34.9 Å². The van der Waals surface area contributed by atoms with Crippen molar-refractivity contribution in [3.63, 3.8) is 0 Å². The molecular formula is C16H21NO3. The summed E-state index contributed by atoms with van der Waals surface area (Å²) >= 11 is 0. The van der Waals surface area contributed by atoms with Gasteiger partial charge >= 0.3 is 0 Å². The zero-order chi connectivity index (χ0) is 14.5. The van der Waals surface area contributed by atoms with E-state index in [2.05, 4.69) is 12.2 Å². The number of nitrogens with one attached hydrogen (secondary N) is 1. The minimum atomic E-state index is 0.0401. The highest BCUT2D eigenvalue weighted by atomic mass is 16.5. The second-order valence-corrected chi connectivity index (χ2v) is 4.59. The topological polar surface area (TPSA) is 43.6 Å². The fourth-order valence-electron chi connectivity index (χ4n) is 2.28. The van der Waals surface area contributed by atoms with Gasteiger partial charge in [-0.3, -0.25) is 0 Å². The predicted molar refractivity (Wildman–Crippen MR) is 78.5 cm³/mol. The number of hydrogen-bond acceptors (Lipinski definition) is 4. The molecule has 20 heavy (non-hydrogen) atoms. The van der Waals surface area contributed by atoms with E-state index < -0.39 is 0 Å². The van der Waals surface area contributed by atoms with Crippen molar-refractivity contribution in [3.05, 3.63) is 47.4 Å². The highest BCUT2D eigenvalue weighted by molar-refractivity contribution is 5.45. The third kappa shape index (κ3) is 2.96. The summed E-state index contributed by atoms with van der Waals surface area (Å²) < 4.78 is 16.2. The highest BCUT2D eigenvalue weighted by Crippen LogP contribution is 2.33. The monoisotopic (exact) mass is 275 g/mol. The maximum Gasteiger partial charge on any atom is 0.127 e. The lowest BCUT2D eigenvalue weighted by molar-refractivity contribution is 0.387. The van der Waals surface area contributed by atoms with E-state index in [1.807, 2.05) is 31.2 Å². The molecule has 1 unspecified atom stereocenters. The number of furan rings is 1. The van der Waals surface area contributed by atoms with Gasteiger partial charge in [0.05, 0.1) is 26.5 Å². The van der Waals surface area contributed by atoms with Gasteiger partial charge in [0.2, 0.25) is 0 Å². The van der Waals surface area contributed by atoms with Crippen LogP contribution in [0.25, 0.3) is 0 Å². The molecule has 108 valence electrons. The number of benzene rings is 1. The Hall–Kier alpha value is -1.94. The largest absolute Gasteiger partial charge is 0.497 e. The molecule has 4 nitrogen and oxygen atoms in total. The molecule has 0 spiro atoms. The SMILES string of the molecule is CCNC(c1coc(C)c1)c1ccc(OC)cc1OC. The zero-order valence-corrected chi connectivity index (χ0v) is 12.4. The molecule has 1 N–H and O–H groups in total. The molecule has 2 rings (SSSR count). The Balaban J connectivity index is 2.43. The first-order valence-electron chi connectivity index (χ1n) is 6.70. The van der Waals surface area contributed by atoms with E-state index in [0.717, 1.165) is 34.9 Å². The van der Waals surface area contributed by atoms with Crippen LogP contribution in [0, 0.1) is 6.92 Å². The summed E-state index contributed by atoms with van der Waals surface area (Å²) in [6.07, 6.45) is 1.78. The molecule has 0 fully saturated rings. The first-order valence-corrected chi connectivity index (χ1v) is 6.70. The van der Waals surface area contributed by atoms with E-state index in [-0.39, 0.29) is 6.04 Å². The summed E-state index contributed by atoms with van der Waals surface area (Å²) in [5.74, 6) is 2.48. The van der Waals surface area contributed by atoms with Crippen LogP contribution in [0.2, 0.25) is 0 Å². The lowest BCUT2D eigenvalue weighted by Gasteiger charge is -2.20. The van der Waals surface area contributed by atoms with Crippen LogP contribution in [0.1, 0.15) is 29.9 Å². The molecular weight excluding hydrogens is 254 g/mol. The summed E-state index contributed by atoms with van der Waals surface area (Å²) in [6.45, 7) is 4.87. The van der Waals surface area contributed by atoms with Gasteiger partial charge in [-0.2, -0.15) is 0 Å². The summed E-state index contributed by atoms with van der Waals surface area (Å²) in [7, 11) is 3.32. The Morgan fingerprint density at radius 2 is 2.00 bits per heavy atom. The number of ether oxygens (including phenoxy) is 2. The molecule has 0 saturated carbocycles. The zero-order valence-electron chi connectivity index (χ0n) is 12.4. The van der Waals surface area contributed by atoms with Crippen molar-refractivity contribution in [3.8, 4) is 11.5 Å². The Bertz CT molecular complexity index is 563. The van der Waals surface area contributed by atoms with Gasteiger partial charge in [0, 0.05) is 17.2 Å². The van der Waals surface area contributed by atoms with Crippen molar-refractivity contribution in [1.29, 1.82) is 0 Å². The molecule has 4 heteroatoms. The molecule has 0 aliphatic heterocycles. The third-order valence-electron chi connectivity index (χ3n) is 3.24. The van der Waals surface area contributed by atoms with Gasteiger partial charge in [-0.25, -0.2) is 0 Å². The van der Waals surface area contributed by atoms with Gasteiger partial charge < -0.3 is 19.2 Å². The minimum Gasteiger partial charge on any atom is -0.497 e. The second kappa shape index (κ2) is 6.48. The first-order chi connectivity index (χ1) is 9.69. The van der Waals surface area contributed by atoms with Gasteiger partial charge in [0.1, 0.15) is 17.3 Å². The minimum absolute atomic E-state index is 0.0401. The van der Waals surface area contributed by atoms with Crippen LogP contribution in [0.5, 0.6) is 11.5 Å². The number of methoxy groups -OCH3 is 2. The molecule has 0 amide bonds. The summed E-state index contributed by atoms with van der Waals surface area (Å²) in [5, 5.41) is 3.46. The van der Waals surface area contributed by atoms with Crippen molar-refractivity contribution >= 4 is 0 Å². The molecule has 0 aliphatic carbocycles. The van der Waals surface area contributed by atoms with E-state index in [9.17, 15) is 0 Å². The van der Waals surface area contributed by atoms with Crippen LogP contribution in [0.3, 0.4) is 0 Å². The van der Waals surface area contributed by atoms with Crippen LogP contribution in [0.4, 0.5) is 0 Å². The van der Waals surface area contributed by atoms with Crippen molar-refractivity contribution in [2.24, 2.45) is 0 Å². The molecule has 2 aromatic rings.